The zero-order chi connectivity index (χ0) is 10.6. The van der Waals surface area contributed by atoms with Gasteiger partial charge in [0, 0.05) is 5.56 Å². The van der Waals surface area contributed by atoms with Gasteiger partial charge in [-0.1, -0.05) is 0 Å². The van der Waals surface area contributed by atoms with Crippen LogP contribution in [0, 0.1) is 29.6 Å². The third-order valence-corrected chi connectivity index (χ3v) is 1.95. The predicted molar refractivity (Wildman–Crippen MR) is 51.8 cm³/mol. The molecule has 0 radical (unpaired) electrons. The van der Waals surface area contributed by atoms with Crippen molar-refractivity contribution in [3.8, 4) is 17.9 Å². The van der Waals surface area contributed by atoms with Crippen LogP contribution in [0.25, 0.3) is 0 Å². The second-order valence-electron chi connectivity index (χ2n) is 2.93. The van der Waals surface area contributed by atoms with Gasteiger partial charge in [0.2, 0.25) is 0 Å². The molecule has 0 N–H and O–H groups in total. The third-order valence-electron chi connectivity index (χ3n) is 1.95. The number of hydrogen-bond donors (Lipinski definition) is 0. The molecule has 0 bridgehead atoms. The van der Waals surface area contributed by atoms with Gasteiger partial charge in [-0.3, -0.25) is 0 Å². The van der Waals surface area contributed by atoms with E-state index in [1.54, 1.807) is 19.2 Å². The van der Waals surface area contributed by atoms with Gasteiger partial charge in [0.15, 0.2) is 0 Å². The number of benzene rings is 1. The molecule has 0 unspecified atom stereocenters. The van der Waals surface area contributed by atoms with Crippen LogP contribution in [0.5, 0.6) is 5.75 Å². The molecule has 0 amide bonds. The number of hydrogen-bond acceptors (Lipinski definition) is 3. The van der Waals surface area contributed by atoms with Crippen LogP contribution in [0.2, 0.25) is 0 Å². The summed E-state index contributed by atoms with van der Waals surface area (Å²) < 4.78 is 5.17. The quantitative estimate of drug-likeness (QED) is 0.709. The van der Waals surface area contributed by atoms with Gasteiger partial charge in [-0.25, -0.2) is 0 Å². The van der Waals surface area contributed by atoms with Crippen LogP contribution in [0.3, 0.4) is 0 Å². The molecule has 0 saturated heterocycles. The minimum absolute atomic E-state index is 0.263. The lowest BCUT2D eigenvalue weighted by molar-refractivity contribution is 0.407. The van der Waals surface area contributed by atoms with E-state index in [1.807, 2.05) is 13.0 Å². The van der Waals surface area contributed by atoms with Crippen LogP contribution in [-0.4, -0.2) is 7.11 Å². The highest BCUT2D eigenvalue weighted by Gasteiger charge is 2.07. The summed E-state index contributed by atoms with van der Waals surface area (Å²) in [6, 6.07) is 7.54. The molecule has 0 spiro atoms. The number of rotatable bonds is 2. The molecule has 0 atom stereocenters. The van der Waals surface area contributed by atoms with Crippen molar-refractivity contribution in [2.75, 3.05) is 7.11 Å². The molecule has 0 saturated carbocycles. The van der Waals surface area contributed by atoms with Gasteiger partial charge in [0.25, 0.3) is 0 Å². The first-order valence-corrected chi connectivity index (χ1v) is 4.17. The summed E-state index contributed by atoms with van der Waals surface area (Å²) in [5, 5.41) is 17.4. The molecule has 0 aliphatic heterocycles. The maximum absolute atomic E-state index is 8.74. The number of aryl methyl sites for hydroxylation is 1. The summed E-state index contributed by atoms with van der Waals surface area (Å²) in [4.78, 5) is 0. The van der Waals surface area contributed by atoms with Crippen molar-refractivity contribution in [1.29, 1.82) is 10.5 Å². The van der Waals surface area contributed by atoms with E-state index in [1.165, 1.54) is 0 Å². The zero-order valence-electron chi connectivity index (χ0n) is 8.16. The number of methoxy groups -OCH3 is 1. The Morgan fingerprint density at radius 1 is 1.36 bits per heavy atom. The van der Waals surface area contributed by atoms with E-state index in [0.29, 0.717) is 11.3 Å². The van der Waals surface area contributed by atoms with E-state index in [-0.39, 0.29) is 6.42 Å². The molecule has 1 aromatic carbocycles. The largest absolute Gasteiger partial charge is 0.496 e. The molecule has 3 heteroatoms. The number of nitriles is 2. The van der Waals surface area contributed by atoms with Crippen LogP contribution in [0.1, 0.15) is 16.7 Å². The average molecular weight is 186 g/mol. The smallest absolute Gasteiger partial charge is 0.126 e. The molecule has 3 nitrogen and oxygen atoms in total. The molecular formula is C11H10N2O. The van der Waals surface area contributed by atoms with Crippen molar-refractivity contribution in [2.24, 2.45) is 0 Å². The van der Waals surface area contributed by atoms with Gasteiger partial charge < -0.3 is 4.74 Å². The van der Waals surface area contributed by atoms with Crippen LogP contribution in [0.15, 0.2) is 12.1 Å². The fraction of sp³-hybridized carbons (Fsp3) is 0.273. The normalized spacial score (nSPS) is 8.86. The van der Waals surface area contributed by atoms with Crippen LogP contribution >= 0.6 is 0 Å². The Hall–Kier alpha value is -2.00. The first kappa shape index (κ1) is 10.1. The molecule has 1 rings (SSSR count). The Morgan fingerprint density at radius 3 is 2.57 bits per heavy atom. The van der Waals surface area contributed by atoms with E-state index >= 15 is 0 Å². The van der Waals surface area contributed by atoms with Gasteiger partial charge in [-0.15, -0.1) is 0 Å². The van der Waals surface area contributed by atoms with Gasteiger partial charge >= 0.3 is 0 Å². The van der Waals surface area contributed by atoms with Crippen molar-refractivity contribution >= 4 is 0 Å². The first-order chi connectivity index (χ1) is 6.72. The Labute approximate surface area is 83.2 Å². The van der Waals surface area contributed by atoms with Crippen LogP contribution in [0.4, 0.5) is 0 Å². The lowest BCUT2D eigenvalue weighted by Crippen LogP contribution is -1.95. The van der Waals surface area contributed by atoms with Crippen molar-refractivity contribution in [2.45, 2.75) is 13.3 Å². The Balaban J connectivity index is 3.31. The minimum Gasteiger partial charge on any atom is -0.496 e. The highest BCUT2D eigenvalue weighted by atomic mass is 16.5. The standard InChI is InChI=1S/C11H10N2O/c1-8-5-9(7-13)6-10(3-4-12)11(8)14-2/h5-6H,3H2,1-2H3. The van der Waals surface area contributed by atoms with Gasteiger partial charge in [-0.2, -0.15) is 10.5 Å². The topological polar surface area (TPSA) is 56.8 Å². The lowest BCUT2D eigenvalue weighted by Gasteiger charge is -2.09. The molecule has 1 aromatic rings. The van der Waals surface area contributed by atoms with Gasteiger partial charge in [0.05, 0.1) is 31.2 Å². The molecular weight excluding hydrogens is 176 g/mol. The average Bonchev–Trinajstić information content (AvgIpc) is 2.18. The van der Waals surface area contributed by atoms with Gasteiger partial charge in [-0.05, 0) is 24.6 Å². The molecule has 0 aliphatic rings. The second-order valence-corrected chi connectivity index (χ2v) is 2.93. The Bertz CT molecular complexity index is 424. The van der Waals surface area contributed by atoms with E-state index in [2.05, 4.69) is 6.07 Å². The van der Waals surface area contributed by atoms with Crippen molar-refractivity contribution in [3.63, 3.8) is 0 Å². The minimum atomic E-state index is 0.263. The first-order valence-electron chi connectivity index (χ1n) is 4.17. The highest BCUT2D eigenvalue weighted by molar-refractivity contribution is 5.48. The van der Waals surface area contributed by atoms with Crippen molar-refractivity contribution in [3.05, 3.63) is 28.8 Å². The molecule has 14 heavy (non-hydrogen) atoms. The molecule has 70 valence electrons. The van der Waals surface area contributed by atoms with Crippen LogP contribution in [-0.2, 0) is 6.42 Å². The summed E-state index contributed by atoms with van der Waals surface area (Å²) in [7, 11) is 1.56. The van der Waals surface area contributed by atoms with E-state index in [0.717, 1.165) is 11.1 Å². The summed E-state index contributed by atoms with van der Waals surface area (Å²) in [5.41, 5.74) is 2.22. The van der Waals surface area contributed by atoms with Crippen LogP contribution < -0.4 is 4.74 Å². The Morgan fingerprint density at radius 2 is 2.07 bits per heavy atom. The monoisotopic (exact) mass is 186 g/mol. The molecule has 0 aromatic heterocycles. The summed E-state index contributed by atoms with van der Waals surface area (Å²) >= 11 is 0. The summed E-state index contributed by atoms with van der Waals surface area (Å²) in [5.74, 6) is 0.700. The maximum atomic E-state index is 8.74. The fourth-order valence-corrected chi connectivity index (χ4v) is 1.42. The fourth-order valence-electron chi connectivity index (χ4n) is 1.42. The SMILES string of the molecule is COc1c(C)cc(C#N)cc1CC#N. The zero-order valence-corrected chi connectivity index (χ0v) is 8.16. The molecule has 0 fully saturated rings. The second kappa shape index (κ2) is 4.30. The summed E-state index contributed by atoms with van der Waals surface area (Å²) in [6.45, 7) is 1.86. The van der Waals surface area contributed by atoms with Crippen molar-refractivity contribution in [1.82, 2.24) is 0 Å². The Kier molecular flexibility index (Phi) is 3.09. The van der Waals surface area contributed by atoms with Gasteiger partial charge in [0.1, 0.15) is 5.75 Å². The molecule has 0 heterocycles. The van der Waals surface area contributed by atoms with E-state index < -0.39 is 0 Å². The predicted octanol–water partition coefficient (Wildman–Crippen LogP) is 1.94. The highest BCUT2D eigenvalue weighted by Crippen LogP contribution is 2.25. The number of ether oxygens (including phenoxy) is 1. The number of nitrogens with zero attached hydrogens (tertiary/aromatic N) is 2. The van der Waals surface area contributed by atoms with Crippen molar-refractivity contribution < 1.29 is 4.74 Å². The van der Waals surface area contributed by atoms with E-state index in [4.69, 9.17) is 15.3 Å². The molecule has 0 aliphatic carbocycles. The summed E-state index contributed by atoms with van der Waals surface area (Å²) in [6.07, 6.45) is 0.263. The lowest BCUT2D eigenvalue weighted by atomic mass is 10.0. The third kappa shape index (κ3) is 1.84. The van der Waals surface area contributed by atoms with E-state index in [9.17, 15) is 0 Å². The maximum Gasteiger partial charge on any atom is 0.126 e.